The minimum atomic E-state index is -0.461. The van der Waals surface area contributed by atoms with Crippen molar-refractivity contribution < 1.29 is 9.53 Å². The number of esters is 1. The van der Waals surface area contributed by atoms with Gasteiger partial charge in [0.15, 0.2) is 0 Å². The second-order valence-corrected chi connectivity index (χ2v) is 4.13. The number of carbonyl (C=O) groups is 1. The molecule has 1 aromatic rings. The summed E-state index contributed by atoms with van der Waals surface area (Å²) in [6.07, 6.45) is 0.984. The van der Waals surface area contributed by atoms with Crippen LogP contribution in [0, 0.1) is 0 Å². The van der Waals surface area contributed by atoms with Crippen LogP contribution in [0.3, 0.4) is 0 Å². The zero-order valence-corrected chi connectivity index (χ0v) is 8.76. The average Bonchev–Trinajstić information content (AvgIpc) is 2.37. The molecule has 1 aromatic carbocycles. The third-order valence-electron chi connectivity index (χ3n) is 2.71. The van der Waals surface area contributed by atoms with Gasteiger partial charge >= 0.3 is 5.97 Å². The van der Waals surface area contributed by atoms with E-state index in [9.17, 15) is 4.79 Å². The number of ether oxygens (including phenoxy) is 1. The van der Waals surface area contributed by atoms with Gasteiger partial charge in [0.1, 0.15) is 5.60 Å². The lowest BCUT2D eigenvalue weighted by molar-refractivity contribution is 0.00953. The van der Waals surface area contributed by atoms with Crippen molar-refractivity contribution in [2.75, 3.05) is 0 Å². The fourth-order valence-electron chi connectivity index (χ4n) is 1.83. The number of cyclic esters (lactones) is 1. The summed E-state index contributed by atoms with van der Waals surface area (Å²) in [5.74, 6) is -0.201. The summed E-state index contributed by atoms with van der Waals surface area (Å²) in [6.45, 7) is 5.96. The van der Waals surface area contributed by atoms with E-state index in [-0.39, 0.29) is 5.97 Å². The van der Waals surface area contributed by atoms with E-state index in [0.29, 0.717) is 5.56 Å². The molecule has 0 amide bonds. The van der Waals surface area contributed by atoms with Crippen LogP contribution < -0.4 is 0 Å². The second kappa shape index (κ2) is 2.84. The molecule has 0 bridgehead atoms. The predicted molar refractivity (Wildman–Crippen MR) is 54.3 cm³/mol. The van der Waals surface area contributed by atoms with Crippen molar-refractivity contribution in [3.63, 3.8) is 0 Å². The molecule has 0 unspecified atom stereocenters. The standard InChI is InChI=1S/C12H14O2/c1-4-8-5-6-9-10(7-8)12(2,3)14-11(9)13/h5-7H,4H2,1-3H3. The van der Waals surface area contributed by atoms with Crippen molar-refractivity contribution in [2.45, 2.75) is 32.8 Å². The Morgan fingerprint density at radius 1 is 1.36 bits per heavy atom. The van der Waals surface area contributed by atoms with Gasteiger partial charge in [-0.05, 0) is 31.9 Å². The lowest BCUT2D eigenvalue weighted by Gasteiger charge is -2.17. The molecule has 0 atom stereocenters. The first-order chi connectivity index (χ1) is 6.54. The largest absolute Gasteiger partial charge is 0.451 e. The van der Waals surface area contributed by atoms with Crippen LogP contribution in [0.15, 0.2) is 18.2 Å². The third-order valence-corrected chi connectivity index (χ3v) is 2.71. The van der Waals surface area contributed by atoms with Crippen LogP contribution in [-0.4, -0.2) is 5.97 Å². The Balaban J connectivity index is 2.59. The Morgan fingerprint density at radius 2 is 2.07 bits per heavy atom. The van der Waals surface area contributed by atoms with Gasteiger partial charge in [-0.2, -0.15) is 0 Å². The number of aryl methyl sites for hydroxylation is 1. The maximum absolute atomic E-state index is 11.5. The molecule has 2 heteroatoms. The van der Waals surface area contributed by atoms with Crippen LogP contribution in [0.1, 0.15) is 42.3 Å². The number of carbonyl (C=O) groups excluding carboxylic acids is 1. The first-order valence-corrected chi connectivity index (χ1v) is 4.91. The summed E-state index contributed by atoms with van der Waals surface area (Å²) in [4.78, 5) is 11.5. The van der Waals surface area contributed by atoms with Crippen molar-refractivity contribution in [3.05, 3.63) is 34.9 Å². The molecule has 0 spiro atoms. The van der Waals surface area contributed by atoms with Crippen molar-refractivity contribution in [1.29, 1.82) is 0 Å². The van der Waals surface area contributed by atoms with Crippen LogP contribution in [-0.2, 0) is 16.8 Å². The summed E-state index contributed by atoms with van der Waals surface area (Å²) >= 11 is 0. The maximum atomic E-state index is 11.5. The van der Waals surface area contributed by atoms with Crippen LogP contribution in [0.4, 0.5) is 0 Å². The van der Waals surface area contributed by atoms with Gasteiger partial charge in [0.05, 0.1) is 5.56 Å². The monoisotopic (exact) mass is 190 g/mol. The van der Waals surface area contributed by atoms with Crippen LogP contribution in [0.2, 0.25) is 0 Å². The highest BCUT2D eigenvalue weighted by Gasteiger charge is 2.37. The van der Waals surface area contributed by atoms with Crippen LogP contribution in [0.25, 0.3) is 0 Å². The highest BCUT2D eigenvalue weighted by molar-refractivity contribution is 5.94. The van der Waals surface area contributed by atoms with Crippen molar-refractivity contribution in [3.8, 4) is 0 Å². The summed E-state index contributed by atoms with van der Waals surface area (Å²) in [5, 5.41) is 0. The SMILES string of the molecule is CCc1ccc2c(c1)C(C)(C)OC2=O. The van der Waals surface area contributed by atoms with E-state index in [1.54, 1.807) is 0 Å². The molecular weight excluding hydrogens is 176 g/mol. The minimum absolute atomic E-state index is 0.201. The number of hydrogen-bond acceptors (Lipinski definition) is 2. The van der Waals surface area contributed by atoms with E-state index in [1.165, 1.54) is 5.56 Å². The van der Waals surface area contributed by atoms with Gasteiger partial charge in [0.25, 0.3) is 0 Å². The third kappa shape index (κ3) is 1.22. The van der Waals surface area contributed by atoms with Crippen LogP contribution >= 0.6 is 0 Å². The van der Waals surface area contributed by atoms with E-state index >= 15 is 0 Å². The van der Waals surface area contributed by atoms with Gasteiger partial charge in [0, 0.05) is 5.56 Å². The zero-order valence-electron chi connectivity index (χ0n) is 8.76. The van der Waals surface area contributed by atoms with E-state index in [1.807, 2.05) is 26.0 Å². The van der Waals surface area contributed by atoms with Crippen LogP contribution in [0.5, 0.6) is 0 Å². The average molecular weight is 190 g/mol. The Labute approximate surface area is 83.9 Å². The molecule has 0 fully saturated rings. The van der Waals surface area contributed by atoms with Gasteiger partial charge in [0.2, 0.25) is 0 Å². The molecule has 0 aromatic heterocycles. The summed E-state index contributed by atoms with van der Waals surface area (Å²) in [5.41, 5.74) is 2.52. The molecule has 0 saturated carbocycles. The molecular formula is C12H14O2. The molecule has 1 heterocycles. The number of rotatable bonds is 1. The normalized spacial score (nSPS) is 17.8. The van der Waals surface area contributed by atoms with Gasteiger partial charge < -0.3 is 4.74 Å². The Bertz CT molecular complexity index is 391. The highest BCUT2D eigenvalue weighted by Crippen LogP contribution is 2.36. The first-order valence-electron chi connectivity index (χ1n) is 4.91. The number of hydrogen-bond donors (Lipinski definition) is 0. The molecule has 14 heavy (non-hydrogen) atoms. The second-order valence-electron chi connectivity index (χ2n) is 4.13. The molecule has 0 N–H and O–H groups in total. The van der Waals surface area contributed by atoms with E-state index in [4.69, 9.17) is 4.74 Å². The van der Waals surface area contributed by atoms with E-state index in [2.05, 4.69) is 13.0 Å². The van der Waals surface area contributed by atoms with Gasteiger partial charge in [-0.3, -0.25) is 0 Å². The lowest BCUT2D eigenvalue weighted by Crippen LogP contribution is -2.16. The van der Waals surface area contributed by atoms with E-state index in [0.717, 1.165) is 12.0 Å². The highest BCUT2D eigenvalue weighted by atomic mass is 16.6. The van der Waals surface area contributed by atoms with Crippen molar-refractivity contribution >= 4 is 5.97 Å². The topological polar surface area (TPSA) is 26.3 Å². The van der Waals surface area contributed by atoms with Crippen molar-refractivity contribution in [1.82, 2.24) is 0 Å². The maximum Gasteiger partial charge on any atom is 0.339 e. The lowest BCUT2D eigenvalue weighted by atomic mass is 9.93. The summed E-state index contributed by atoms with van der Waals surface area (Å²) in [6, 6.07) is 5.92. The Morgan fingerprint density at radius 3 is 2.71 bits per heavy atom. The zero-order chi connectivity index (χ0) is 10.3. The molecule has 0 radical (unpaired) electrons. The number of fused-ring (bicyclic) bond motifs is 1. The van der Waals surface area contributed by atoms with Gasteiger partial charge in [-0.1, -0.05) is 19.1 Å². The fraction of sp³-hybridized carbons (Fsp3) is 0.417. The predicted octanol–water partition coefficient (Wildman–Crippen LogP) is 2.65. The molecule has 0 saturated heterocycles. The molecule has 1 aliphatic rings. The Kier molecular flexibility index (Phi) is 1.88. The van der Waals surface area contributed by atoms with Crippen molar-refractivity contribution in [2.24, 2.45) is 0 Å². The molecule has 1 aliphatic heterocycles. The van der Waals surface area contributed by atoms with Gasteiger partial charge in [-0.15, -0.1) is 0 Å². The summed E-state index contributed by atoms with van der Waals surface area (Å²) in [7, 11) is 0. The minimum Gasteiger partial charge on any atom is -0.451 e. The molecule has 0 aliphatic carbocycles. The fourth-order valence-corrected chi connectivity index (χ4v) is 1.83. The van der Waals surface area contributed by atoms with E-state index < -0.39 is 5.60 Å². The molecule has 2 nitrogen and oxygen atoms in total. The number of benzene rings is 1. The first kappa shape index (κ1) is 9.25. The smallest absolute Gasteiger partial charge is 0.339 e. The quantitative estimate of drug-likeness (QED) is 0.636. The van der Waals surface area contributed by atoms with Gasteiger partial charge in [-0.25, -0.2) is 4.79 Å². The summed E-state index contributed by atoms with van der Waals surface area (Å²) < 4.78 is 5.28. The molecule has 2 rings (SSSR count). The molecule has 74 valence electrons. The Hall–Kier alpha value is -1.31.